The lowest BCUT2D eigenvalue weighted by molar-refractivity contribution is 0.948. The van der Waals surface area contributed by atoms with E-state index in [9.17, 15) is 0 Å². The highest BCUT2D eigenvalue weighted by molar-refractivity contribution is 7.11. The molecule has 0 fully saturated rings. The number of aryl methyl sites for hydroxylation is 14. The summed E-state index contributed by atoms with van der Waals surface area (Å²) in [5, 5.41) is 1.17. The SMILES string of the molecule is Cc1nc(C)c(C)c(C)c1C.Cc1nc(C)c(C)c(C)c1C.Cc1nc(C)c(C)c(C)c1C.Cc1nc(C)c(C)c(C)c1C.Cc1nc(C)c(C)c(C)n1.Cc1nc(C)c(C)s1. The predicted molar refractivity (Wildman–Crippen MR) is 269 cm³/mol. The second-order valence-electron chi connectivity index (χ2n) is 17.1. The molecule has 0 bridgehead atoms. The summed E-state index contributed by atoms with van der Waals surface area (Å²) in [5.74, 6) is 0.862. The van der Waals surface area contributed by atoms with Gasteiger partial charge in [0.2, 0.25) is 0 Å². The number of pyridine rings is 4. The first-order chi connectivity index (χ1) is 28.5. The van der Waals surface area contributed by atoms with E-state index >= 15 is 0 Å². The fourth-order valence-electron chi connectivity index (χ4n) is 6.55. The van der Waals surface area contributed by atoms with Crippen molar-refractivity contribution in [3.8, 4) is 0 Å². The number of nitrogens with zero attached hydrogens (tertiary/aromatic N) is 7. The minimum atomic E-state index is 0.862. The Kier molecular flexibility index (Phi) is 21.6. The topological polar surface area (TPSA) is 90.2 Å². The lowest BCUT2D eigenvalue weighted by atomic mass is 10.0. The molecule has 0 aliphatic rings. The zero-order valence-corrected chi connectivity index (χ0v) is 44.9. The highest BCUT2D eigenvalue weighted by Gasteiger charge is 2.07. The average Bonchev–Trinajstić information content (AvgIpc) is 3.50. The lowest BCUT2D eigenvalue weighted by Gasteiger charge is -2.09. The van der Waals surface area contributed by atoms with E-state index in [4.69, 9.17) is 0 Å². The van der Waals surface area contributed by atoms with E-state index in [0.29, 0.717) is 0 Å². The van der Waals surface area contributed by atoms with Crippen molar-refractivity contribution in [3.05, 3.63) is 151 Å². The molecule has 7 nitrogen and oxygen atoms in total. The third-order valence-electron chi connectivity index (χ3n) is 13.1. The van der Waals surface area contributed by atoms with Crippen LogP contribution >= 0.6 is 11.3 Å². The van der Waals surface area contributed by atoms with E-state index < -0.39 is 0 Å². The molecule has 0 N–H and O–H groups in total. The first-order valence-electron chi connectivity index (χ1n) is 21.8. The Balaban J connectivity index is 0.000000373. The molecule has 6 heterocycles. The molecular formula is C54H81N7S. The second kappa shape index (κ2) is 24.2. The third-order valence-corrected chi connectivity index (χ3v) is 14.1. The first kappa shape index (κ1) is 55.3. The molecular weight excluding hydrogens is 779 g/mol. The van der Waals surface area contributed by atoms with Gasteiger partial charge in [-0.25, -0.2) is 15.0 Å². The number of thiazole rings is 1. The van der Waals surface area contributed by atoms with Crippen molar-refractivity contribution in [3.63, 3.8) is 0 Å². The Bertz CT molecular complexity index is 2090. The fourth-order valence-corrected chi connectivity index (χ4v) is 7.36. The summed E-state index contributed by atoms with van der Waals surface area (Å²) in [7, 11) is 0. The van der Waals surface area contributed by atoms with Gasteiger partial charge in [0.1, 0.15) is 5.82 Å². The van der Waals surface area contributed by atoms with Gasteiger partial charge < -0.3 is 0 Å². The average molecular weight is 860 g/mol. The molecule has 6 aromatic heterocycles. The minimum Gasteiger partial charge on any atom is -0.258 e. The molecule has 0 aliphatic carbocycles. The summed E-state index contributed by atoms with van der Waals surface area (Å²) in [5.41, 5.74) is 30.0. The van der Waals surface area contributed by atoms with Crippen LogP contribution in [0, 0.1) is 187 Å². The van der Waals surface area contributed by atoms with Gasteiger partial charge in [0, 0.05) is 61.8 Å². The van der Waals surface area contributed by atoms with Crippen LogP contribution in [0.25, 0.3) is 0 Å². The van der Waals surface area contributed by atoms with E-state index in [1.165, 1.54) is 87.9 Å². The van der Waals surface area contributed by atoms with Crippen molar-refractivity contribution in [1.82, 2.24) is 34.9 Å². The molecule has 0 radical (unpaired) electrons. The van der Waals surface area contributed by atoms with E-state index in [1.807, 2.05) is 41.5 Å². The smallest absolute Gasteiger partial charge is 0.125 e. The molecule has 8 heteroatoms. The van der Waals surface area contributed by atoms with Gasteiger partial charge in [-0.3, -0.25) is 19.9 Å². The van der Waals surface area contributed by atoms with Crippen LogP contribution in [0.3, 0.4) is 0 Å². The van der Waals surface area contributed by atoms with Gasteiger partial charge >= 0.3 is 0 Å². The lowest BCUT2D eigenvalue weighted by Crippen LogP contribution is -1.98. The van der Waals surface area contributed by atoms with Gasteiger partial charge in [-0.15, -0.1) is 11.3 Å². The maximum absolute atomic E-state index is 4.43. The molecule has 338 valence electrons. The summed E-state index contributed by atoms with van der Waals surface area (Å²) in [6.07, 6.45) is 0. The summed E-state index contributed by atoms with van der Waals surface area (Å²) < 4.78 is 0. The fraction of sp³-hybridized carbons (Fsp3) is 0.500. The number of hydrogen-bond acceptors (Lipinski definition) is 8. The molecule has 0 aromatic carbocycles. The van der Waals surface area contributed by atoms with Crippen molar-refractivity contribution >= 4 is 11.3 Å². The molecule has 6 rings (SSSR count). The minimum absolute atomic E-state index is 0.862. The largest absolute Gasteiger partial charge is 0.258 e. The Morgan fingerprint density at radius 1 is 0.194 bits per heavy atom. The van der Waals surface area contributed by atoms with Crippen LogP contribution in [0.5, 0.6) is 0 Å². The maximum atomic E-state index is 4.43. The van der Waals surface area contributed by atoms with Crippen molar-refractivity contribution in [2.24, 2.45) is 0 Å². The molecule has 0 saturated carbocycles. The highest BCUT2D eigenvalue weighted by Crippen LogP contribution is 2.20. The summed E-state index contributed by atoms with van der Waals surface area (Å²) in [6, 6.07) is 0. The molecule has 0 unspecified atom stereocenters. The van der Waals surface area contributed by atoms with Gasteiger partial charge in [0.15, 0.2) is 0 Å². The molecule has 62 heavy (non-hydrogen) atoms. The quantitative estimate of drug-likeness (QED) is 0.150. The van der Waals surface area contributed by atoms with Crippen molar-refractivity contribution in [2.75, 3.05) is 0 Å². The van der Waals surface area contributed by atoms with Crippen LogP contribution in [0.2, 0.25) is 0 Å². The monoisotopic (exact) mass is 860 g/mol. The van der Waals surface area contributed by atoms with Crippen LogP contribution in [0.4, 0.5) is 0 Å². The van der Waals surface area contributed by atoms with E-state index in [1.54, 1.807) is 11.3 Å². The predicted octanol–water partition coefficient (Wildman–Crippen LogP) is 14.3. The van der Waals surface area contributed by atoms with E-state index in [-0.39, 0.29) is 0 Å². The van der Waals surface area contributed by atoms with Crippen LogP contribution in [0.15, 0.2) is 0 Å². The molecule has 0 amide bonds. The normalized spacial score (nSPS) is 10.2. The van der Waals surface area contributed by atoms with Crippen LogP contribution in [-0.2, 0) is 0 Å². The molecule has 0 aliphatic heterocycles. The number of hydrogen-bond donors (Lipinski definition) is 0. The second-order valence-corrected chi connectivity index (χ2v) is 18.5. The summed E-state index contributed by atoms with van der Waals surface area (Å²) in [4.78, 5) is 31.7. The number of aromatic nitrogens is 7. The van der Waals surface area contributed by atoms with Gasteiger partial charge in [0.05, 0.1) is 10.7 Å². The zero-order chi connectivity index (χ0) is 48.2. The Hall–Kier alpha value is -4.69. The molecule has 0 atom stereocenters. The van der Waals surface area contributed by atoms with Crippen LogP contribution in [-0.4, -0.2) is 34.9 Å². The summed E-state index contributed by atoms with van der Waals surface area (Å²) in [6.45, 7) is 56.3. The van der Waals surface area contributed by atoms with Gasteiger partial charge in [-0.2, -0.15) is 0 Å². The molecule has 0 saturated heterocycles. The van der Waals surface area contributed by atoms with Crippen molar-refractivity contribution < 1.29 is 0 Å². The maximum Gasteiger partial charge on any atom is 0.125 e. The van der Waals surface area contributed by atoms with Gasteiger partial charge in [-0.1, -0.05) is 0 Å². The Labute approximate surface area is 382 Å². The van der Waals surface area contributed by atoms with E-state index in [2.05, 4.69) is 180 Å². The molecule has 6 aromatic rings. The standard InChI is InChI=1S/4C10H15N.C8H12N2.C6H9NS/c4*1-6-7(2)9(4)11-10(5)8(6)3;1-5-6(2)9-8(4)10-7(5)3;1-4-5(2)8-6(3)7-4/h4*1-5H3;1-4H3;1-3H3. The Morgan fingerprint density at radius 2 is 0.387 bits per heavy atom. The molecule has 0 spiro atoms. The summed E-state index contributed by atoms with van der Waals surface area (Å²) >= 11 is 1.76. The van der Waals surface area contributed by atoms with Gasteiger partial charge in [0.25, 0.3) is 0 Å². The van der Waals surface area contributed by atoms with Crippen molar-refractivity contribution in [1.29, 1.82) is 0 Å². The number of rotatable bonds is 0. The van der Waals surface area contributed by atoms with Crippen LogP contribution < -0.4 is 0 Å². The highest BCUT2D eigenvalue weighted by atomic mass is 32.1. The van der Waals surface area contributed by atoms with Gasteiger partial charge in [-0.05, 0) is 259 Å². The third kappa shape index (κ3) is 15.3. The van der Waals surface area contributed by atoms with Crippen molar-refractivity contribution in [2.45, 2.75) is 187 Å². The van der Waals surface area contributed by atoms with E-state index in [0.717, 1.165) is 62.8 Å². The Morgan fingerprint density at radius 3 is 0.532 bits per heavy atom. The van der Waals surface area contributed by atoms with Crippen LogP contribution in [0.1, 0.15) is 151 Å². The first-order valence-corrected chi connectivity index (χ1v) is 22.6. The zero-order valence-electron chi connectivity index (χ0n) is 44.0.